The summed E-state index contributed by atoms with van der Waals surface area (Å²) < 4.78 is 5.39. The molecule has 1 aromatic rings. The van der Waals surface area contributed by atoms with Gasteiger partial charge in [0.1, 0.15) is 6.61 Å². The van der Waals surface area contributed by atoms with Gasteiger partial charge < -0.3 is 19.8 Å². The minimum absolute atomic E-state index is 0.0322. The molecule has 1 saturated heterocycles. The predicted molar refractivity (Wildman–Crippen MR) is 101 cm³/mol. The maximum atomic E-state index is 12.4. The molecular weight excluding hydrogens is 362 g/mol. The third-order valence-corrected chi connectivity index (χ3v) is 5.13. The average Bonchev–Trinajstić information content (AvgIpc) is 3.48. The number of nitrogens with zero attached hydrogens (tertiary/aromatic N) is 1. The van der Waals surface area contributed by atoms with Crippen molar-refractivity contribution in [2.24, 2.45) is 5.41 Å². The molecule has 1 amide bonds. The Bertz CT molecular complexity index is 705. The van der Waals surface area contributed by atoms with Crippen LogP contribution in [0.15, 0.2) is 30.3 Å². The number of benzene rings is 1. The monoisotopic (exact) mass is 389 g/mol. The molecule has 0 bridgehead atoms. The van der Waals surface area contributed by atoms with E-state index in [-0.39, 0.29) is 42.9 Å². The van der Waals surface area contributed by atoms with Gasteiger partial charge in [-0.3, -0.25) is 9.59 Å². The largest absolute Gasteiger partial charge is 0.464 e. The fraction of sp³-hybridized carbons (Fsp3) is 0.550. The number of ether oxygens (including phenoxy) is 1. The van der Waals surface area contributed by atoms with E-state index in [0.29, 0.717) is 25.2 Å². The molecule has 152 valence electrons. The fourth-order valence-corrected chi connectivity index (χ4v) is 2.97. The highest BCUT2D eigenvalue weighted by molar-refractivity contribution is 5.89. The lowest BCUT2D eigenvalue weighted by Gasteiger charge is -2.33. The number of carbonyl (C=O) groups is 3. The molecule has 0 aromatic heterocycles. The van der Waals surface area contributed by atoms with Gasteiger partial charge in [-0.2, -0.15) is 5.48 Å². The lowest BCUT2D eigenvalue weighted by atomic mass is 10.1. The van der Waals surface area contributed by atoms with E-state index in [9.17, 15) is 14.4 Å². The summed E-state index contributed by atoms with van der Waals surface area (Å²) in [6.45, 7) is 4.17. The van der Waals surface area contributed by atoms with Crippen LogP contribution in [0.3, 0.4) is 0 Å². The van der Waals surface area contributed by atoms with Crippen LogP contribution in [0.25, 0.3) is 0 Å². The van der Waals surface area contributed by atoms with Crippen LogP contribution in [0.1, 0.15) is 36.5 Å². The Hall–Kier alpha value is -2.45. The molecule has 2 aliphatic rings. The van der Waals surface area contributed by atoms with E-state index in [2.05, 4.69) is 10.8 Å². The molecule has 0 radical (unpaired) electrons. The molecule has 1 heterocycles. The molecule has 0 spiro atoms. The average molecular weight is 389 g/mol. The Balaban J connectivity index is 1.33. The van der Waals surface area contributed by atoms with Crippen LogP contribution in [-0.2, 0) is 19.2 Å². The van der Waals surface area contributed by atoms with Gasteiger partial charge in [0.05, 0.1) is 17.0 Å². The molecule has 1 unspecified atom stereocenters. The van der Waals surface area contributed by atoms with Crippen molar-refractivity contribution < 1.29 is 24.0 Å². The van der Waals surface area contributed by atoms with Gasteiger partial charge in [-0.25, -0.2) is 4.79 Å². The standard InChI is InChI=1S/C20H27N3O5/c1-20(8-9-20)19(26)27-14-16-13-23(12-11-21-16)17(24)7-10-22-28-18(25)15-5-3-2-4-6-15/h2-6,16,21-22H,7-14H2,1H3. The summed E-state index contributed by atoms with van der Waals surface area (Å²) in [5, 5.41) is 3.28. The summed E-state index contributed by atoms with van der Waals surface area (Å²) in [5.41, 5.74) is 2.69. The van der Waals surface area contributed by atoms with Crippen molar-refractivity contribution in [1.82, 2.24) is 15.7 Å². The van der Waals surface area contributed by atoms with E-state index >= 15 is 0 Å². The van der Waals surface area contributed by atoms with E-state index in [0.717, 1.165) is 12.8 Å². The molecule has 1 atom stereocenters. The van der Waals surface area contributed by atoms with Crippen LogP contribution in [0, 0.1) is 5.41 Å². The highest BCUT2D eigenvalue weighted by Crippen LogP contribution is 2.45. The lowest BCUT2D eigenvalue weighted by Crippen LogP contribution is -2.54. The summed E-state index contributed by atoms with van der Waals surface area (Å²) in [4.78, 5) is 42.8. The first kappa shape index (κ1) is 20.3. The van der Waals surface area contributed by atoms with Crippen molar-refractivity contribution in [3.63, 3.8) is 0 Å². The topological polar surface area (TPSA) is 97.0 Å². The summed E-state index contributed by atoms with van der Waals surface area (Å²) in [5.74, 6) is -0.668. The first-order chi connectivity index (χ1) is 13.5. The Kier molecular flexibility index (Phi) is 6.64. The van der Waals surface area contributed by atoms with Crippen LogP contribution < -0.4 is 10.8 Å². The zero-order valence-electron chi connectivity index (χ0n) is 16.1. The normalized spacial score (nSPS) is 20.3. The molecular formula is C20H27N3O5. The van der Waals surface area contributed by atoms with Gasteiger partial charge in [-0.15, -0.1) is 0 Å². The Morgan fingerprint density at radius 2 is 2.00 bits per heavy atom. The Morgan fingerprint density at radius 1 is 1.25 bits per heavy atom. The van der Waals surface area contributed by atoms with Gasteiger partial charge in [-0.05, 0) is 31.9 Å². The number of piperazine rings is 1. The van der Waals surface area contributed by atoms with E-state index in [4.69, 9.17) is 9.57 Å². The summed E-state index contributed by atoms with van der Waals surface area (Å²) in [6.07, 6.45) is 1.99. The van der Waals surface area contributed by atoms with E-state index in [1.165, 1.54) is 0 Å². The quantitative estimate of drug-likeness (QED) is 0.387. The maximum absolute atomic E-state index is 12.4. The van der Waals surface area contributed by atoms with E-state index in [1.807, 2.05) is 13.0 Å². The molecule has 1 aromatic carbocycles. The lowest BCUT2D eigenvalue weighted by molar-refractivity contribution is -0.150. The zero-order valence-corrected chi connectivity index (χ0v) is 16.1. The van der Waals surface area contributed by atoms with Crippen LogP contribution in [-0.4, -0.2) is 61.6 Å². The van der Waals surface area contributed by atoms with Gasteiger partial charge in [0, 0.05) is 32.6 Å². The Labute approximate surface area is 164 Å². The van der Waals surface area contributed by atoms with Crippen molar-refractivity contribution in [1.29, 1.82) is 0 Å². The van der Waals surface area contributed by atoms with E-state index < -0.39 is 5.97 Å². The highest BCUT2D eigenvalue weighted by atomic mass is 16.7. The fourth-order valence-electron chi connectivity index (χ4n) is 2.97. The summed E-state index contributed by atoms with van der Waals surface area (Å²) in [7, 11) is 0. The first-order valence-electron chi connectivity index (χ1n) is 9.65. The van der Waals surface area contributed by atoms with Crippen LogP contribution in [0.2, 0.25) is 0 Å². The third-order valence-electron chi connectivity index (χ3n) is 5.13. The minimum atomic E-state index is -0.485. The van der Waals surface area contributed by atoms with Crippen molar-refractivity contribution in [2.45, 2.75) is 32.2 Å². The van der Waals surface area contributed by atoms with Crippen LogP contribution in [0.5, 0.6) is 0 Å². The summed E-state index contributed by atoms with van der Waals surface area (Å²) >= 11 is 0. The predicted octanol–water partition coefficient (Wildman–Crippen LogP) is 0.882. The van der Waals surface area contributed by atoms with Gasteiger partial charge in [0.2, 0.25) is 5.91 Å². The van der Waals surface area contributed by atoms with Crippen molar-refractivity contribution in [3.05, 3.63) is 35.9 Å². The third kappa shape index (κ3) is 5.53. The zero-order chi connectivity index (χ0) is 20.0. The molecule has 8 heteroatoms. The van der Waals surface area contributed by atoms with Crippen LogP contribution in [0.4, 0.5) is 0 Å². The number of esters is 1. The summed E-state index contributed by atoms with van der Waals surface area (Å²) in [6, 6.07) is 8.58. The van der Waals surface area contributed by atoms with Gasteiger partial charge in [0.15, 0.2) is 0 Å². The van der Waals surface area contributed by atoms with Gasteiger partial charge in [0.25, 0.3) is 0 Å². The number of hydrogen-bond donors (Lipinski definition) is 2. The first-order valence-corrected chi connectivity index (χ1v) is 9.65. The highest BCUT2D eigenvalue weighted by Gasteiger charge is 2.46. The SMILES string of the molecule is CC1(C(=O)OCC2CN(C(=O)CCNOC(=O)c3ccccc3)CCN2)CC1. The number of carbonyl (C=O) groups excluding carboxylic acids is 3. The second-order valence-electron chi connectivity index (χ2n) is 7.55. The van der Waals surface area contributed by atoms with Crippen LogP contribution >= 0.6 is 0 Å². The molecule has 1 aliphatic carbocycles. The number of hydrogen-bond acceptors (Lipinski definition) is 7. The molecule has 2 N–H and O–H groups in total. The van der Waals surface area contributed by atoms with Crippen molar-refractivity contribution in [2.75, 3.05) is 32.8 Å². The number of amides is 1. The Morgan fingerprint density at radius 3 is 2.71 bits per heavy atom. The second kappa shape index (κ2) is 9.16. The maximum Gasteiger partial charge on any atom is 0.356 e. The van der Waals surface area contributed by atoms with Gasteiger partial charge >= 0.3 is 11.9 Å². The molecule has 1 saturated carbocycles. The number of nitrogens with one attached hydrogen (secondary N) is 2. The van der Waals surface area contributed by atoms with Gasteiger partial charge in [-0.1, -0.05) is 18.2 Å². The molecule has 2 fully saturated rings. The second-order valence-corrected chi connectivity index (χ2v) is 7.55. The number of rotatable bonds is 8. The molecule has 3 rings (SSSR count). The molecule has 1 aliphatic heterocycles. The smallest absolute Gasteiger partial charge is 0.356 e. The minimum Gasteiger partial charge on any atom is -0.464 e. The number of hydroxylamine groups is 1. The van der Waals surface area contributed by atoms with E-state index in [1.54, 1.807) is 29.2 Å². The molecule has 28 heavy (non-hydrogen) atoms. The van der Waals surface area contributed by atoms with Crippen molar-refractivity contribution in [3.8, 4) is 0 Å². The molecule has 8 nitrogen and oxygen atoms in total. The van der Waals surface area contributed by atoms with Crippen molar-refractivity contribution >= 4 is 17.8 Å².